The lowest BCUT2D eigenvalue weighted by Gasteiger charge is -2.11. The molecule has 0 saturated carbocycles. The van der Waals surface area contributed by atoms with E-state index in [1.54, 1.807) is 6.07 Å². The molecule has 5 heteroatoms. The molecule has 1 aliphatic rings. The Morgan fingerprint density at radius 3 is 3.00 bits per heavy atom. The molecular formula is C11H11ClINO2. The first-order chi connectivity index (χ1) is 7.66. The summed E-state index contributed by atoms with van der Waals surface area (Å²) in [4.78, 5) is 11.8. The minimum Gasteiger partial charge on any atom is -0.368 e. The molecule has 0 aliphatic carbocycles. The first-order valence-corrected chi connectivity index (χ1v) is 6.50. The maximum absolute atomic E-state index is 11.8. The Bertz CT molecular complexity index is 405. The number of anilines is 1. The van der Waals surface area contributed by atoms with Gasteiger partial charge in [0.15, 0.2) is 0 Å². The second kappa shape index (κ2) is 5.33. The number of carbonyl (C=O) groups is 1. The molecule has 0 bridgehead atoms. The Labute approximate surface area is 113 Å². The first-order valence-electron chi connectivity index (χ1n) is 5.04. The van der Waals surface area contributed by atoms with E-state index >= 15 is 0 Å². The van der Waals surface area contributed by atoms with Gasteiger partial charge in [-0.05, 0) is 53.6 Å². The maximum atomic E-state index is 11.8. The zero-order valence-corrected chi connectivity index (χ0v) is 11.4. The lowest BCUT2D eigenvalue weighted by atomic mass is 10.2. The third-order valence-corrected chi connectivity index (χ3v) is 3.39. The number of hydrogen-bond donors (Lipinski definition) is 1. The van der Waals surface area contributed by atoms with Crippen LogP contribution in [0.3, 0.4) is 0 Å². The minimum absolute atomic E-state index is 0.111. The molecule has 0 aromatic heterocycles. The molecule has 0 unspecified atom stereocenters. The summed E-state index contributed by atoms with van der Waals surface area (Å²) in [6.45, 7) is 0.665. The maximum Gasteiger partial charge on any atom is 0.253 e. The van der Waals surface area contributed by atoms with Crippen molar-refractivity contribution < 1.29 is 9.53 Å². The summed E-state index contributed by atoms with van der Waals surface area (Å²) in [5.74, 6) is -0.111. The molecule has 1 atom stereocenters. The molecule has 2 rings (SSSR count). The van der Waals surface area contributed by atoms with Gasteiger partial charge in [0.25, 0.3) is 5.91 Å². The van der Waals surface area contributed by atoms with Gasteiger partial charge in [-0.25, -0.2) is 0 Å². The zero-order valence-electron chi connectivity index (χ0n) is 8.50. The normalized spacial score (nSPS) is 19.8. The van der Waals surface area contributed by atoms with Crippen molar-refractivity contribution >= 4 is 45.8 Å². The van der Waals surface area contributed by atoms with Crippen molar-refractivity contribution in [1.82, 2.24) is 0 Å². The van der Waals surface area contributed by atoms with Crippen LogP contribution in [0.25, 0.3) is 0 Å². The van der Waals surface area contributed by atoms with Crippen molar-refractivity contribution in [3.05, 3.63) is 26.8 Å². The van der Waals surface area contributed by atoms with E-state index in [1.807, 2.05) is 12.1 Å². The monoisotopic (exact) mass is 351 g/mol. The van der Waals surface area contributed by atoms with Crippen LogP contribution >= 0.6 is 34.2 Å². The number of rotatable bonds is 2. The molecule has 16 heavy (non-hydrogen) atoms. The molecule has 1 aromatic carbocycles. The van der Waals surface area contributed by atoms with Crippen LogP contribution in [0.1, 0.15) is 12.8 Å². The van der Waals surface area contributed by atoms with Crippen LogP contribution in [0, 0.1) is 3.57 Å². The fourth-order valence-electron chi connectivity index (χ4n) is 1.59. The van der Waals surface area contributed by atoms with Gasteiger partial charge in [-0.3, -0.25) is 4.79 Å². The summed E-state index contributed by atoms with van der Waals surface area (Å²) in [6.07, 6.45) is 1.40. The SMILES string of the molecule is O=C(Nc1ccc(I)cc1Cl)[C@@H]1CCCO1. The lowest BCUT2D eigenvalue weighted by molar-refractivity contribution is -0.124. The highest BCUT2D eigenvalue weighted by Crippen LogP contribution is 2.24. The third kappa shape index (κ3) is 2.87. The summed E-state index contributed by atoms with van der Waals surface area (Å²) >= 11 is 8.19. The van der Waals surface area contributed by atoms with Gasteiger partial charge < -0.3 is 10.1 Å². The number of amides is 1. The van der Waals surface area contributed by atoms with Crippen LogP contribution in [-0.2, 0) is 9.53 Å². The molecule has 1 fully saturated rings. The number of carbonyl (C=O) groups excluding carboxylic acids is 1. The summed E-state index contributed by atoms with van der Waals surface area (Å²) < 4.78 is 6.33. The fourth-order valence-corrected chi connectivity index (χ4v) is 2.49. The van der Waals surface area contributed by atoms with Gasteiger partial charge in [0.2, 0.25) is 0 Å². The summed E-state index contributed by atoms with van der Waals surface area (Å²) in [6, 6.07) is 5.52. The summed E-state index contributed by atoms with van der Waals surface area (Å²) in [5.41, 5.74) is 0.641. The van der Waals surface area contributed by atoms with Gasteiger partial charge in [0, 0.05) is 10.2 Å². The predicted molar refractivity (Wildman–Crippen MR) is 71.8 cm³/mol. The van der Waals surface area contributed by atoms with Gasteiger partial charge in [0.05, 0.1) is 10.7 Å². The van der Waals surface area contributed by atoms with Crippen molar-refractivity contribution in [2.45, 2.75) is 18.9 Å². The molecule has 1 aliphatic heterocycles. The van der Waals surface area contributed by atoms with E-state index in [1.165, 1.54) is 0 Å². The van der Waals surface area contributed by atoms with Crippen LogP contribution < -0.4 is 5.32 Å². The Morgan fingerprint density at radius 2 is 2.38 bits per heavy atom. The molecule has 1 amide bonds. The summed E-state index contributed by atoms with van der Waals surface area (Å²) in [7, 11) is 0. The van der Waals surface area contributed by atoms with E-state index in [4.69, 9.17) is 16.3 Å². The number of halogens is 2. The lowest BCUT2D eigenvalue weighted by Crippen LogP contribution is -2.26. The Morgan fingerprint density at radius 1 is 1.56 bits per heavy atom. The van der Waals surface area contributed by atoms with Crippen molar-refractivity contribution in [2.24, 2.45) is 0 Å². The van der Waals surface area contributed by atoms with Crippen LogP contribution in [0.2, 0.25) is 5.02 Å². The molecule has 1 aromatic rings. The van der Waals surface area contributed by atoms with Gasteiger partial charge in [-0.1, -0.05) is 11.6 Å². The second-order valence-corrected chi connectivity index (χ2v) is 5.27. The minimum atomic E-state index is -0.324. The second-order valence-electron chi connectivity index (χ2n) is 3.62. The van der Waals surface area contributed by atoms with Crippen molar-refractivity contribution in [2.75, 3.05) is 11.9 Å². The highest BCUT2D eigenvalue weighted by Gasteiger charge is 2.23. The Hall–Kier alpha value is -0.330. The molecule has 0 radical (unpaired) electrons. The number of hydrogen-bond acceptors (Lipinski definition) is 2. The smallest absolute Gasteiger partial charge is 0.253 e. The number of benzene rings is 1. The Kier molecular flexibility index (Phi) is 4.05. The van der Waals surface area contributed by atoms with Crippen molar-refractivity contribution in [3.63, 3.8) is 0 Å². The molecular weight excluding hydrogens is 340 g/mol. The predicted octanol–water partition coefficient (Wildman–Crippen LogP) is 3.06. The first kappa shape index (κ1) is 12.1. The van der Waals surface area contributed by atoms with E-state index in [-0.39, 0.29) is 12.0 Å². The van der Waals surface area contributed by atoms with Crippen LogP contribution in [0.15, 0.2) is 18.2 Å². The van der Waals surface area contributed by atoms with E-state index in [0.717, 1.165) is 16.4 Å². The highest BCUT2D eigenvalue weighted by atomic mass is 127. The average Bonchev–Trinajstić information content (AvgIpc) is 2.75. The topological polar surface area (TPSA) is 38.3 Å². The average molecular weight is 352 g/mol. The van der Waals surface area contributed by atoms with Crippen LogP contribution in [-0.4, -0.2) is 18.6 Å². The molecule has 1 saturated heterocycles. The quantitative estimate of drug-likeness (QED) is 0.832. The van der Waals surface area contributed by atoms with E-state index in [2.05, 4.69) is 27.9 Å². The third-order valence-electron chi connectivity index (χ3n) is 2.41. The van der Waals surface area contributed by atoms with Gasteiger partial charge in [-0.2, -0.15) is 0 Å². The molecule has 3 nitrogen and oxygen atoms in total. The highest BCUT2D eigenvalue weighted by molar-refractivity contribution is 14.1. The van der Waals surface area contributed by atoms with Gasteiger partial charge in [0.1, 0.15) is 6.10 Å². The van der Waals surface area contributed by atoms with Crippen LogP contribution in [0.5, 0.6) is 0 Å². The van der Waals surface area contributed by atoms with E-state index in [9.17, 15) is 4.79 Å². The van der Waals surface area contributed by atoms with E-state index < -0.39 is 0 Å². The molecule has 1 N–H and O–H groups in total. The summed E-state index contributed by atoms with van der Waals surface area (Å²) in [5, 5.41) is 3.33. The van der Waals surface area contributed by atoms with Crippen molar-refractivity contribution in [3.8, 4) is 0 Å². The molecule has 0 spiro atoms. The standard InChI is InChI=1S/C11H11ClINO2/c12-8-6-7(13)3-4-9(8)14-11(15)10-2-1-5-16-10/h3-4,6,10H,1-2,5H2,(H,14,15)/t10-/m0/s1. The molecule has 86 valence electrons. The van der Waals surface area contributed by atoms with E-state index in [0.29, 0.717) is 17.3 Å². The fraction of sp³-hybridized carbons (Fsp3) is 0.364. The van der Waals surface area contributed by atoms with Gasteiger partial charge in [-0.15, -0.1) is 0 Å². The Balaban J connectivity index is 2.05. The van der Waals surface area contributed by atoms with Crippen molar-refractivity contribution in [1.29, 1.82) is 0 Å². The largest absolute Gasteiger partial charge is 0.368 e. The van der Waals surface area contributed by atoms with Gasteiger partial charge >= 0.3 is 0 Å². The molecule has 1 heterocycles. The van der Waals surface area contributed by atoms with Crippen LogP contribution in [0.4, 0.5) is 5.69 Å². The zero-order chi connectivity index (χ0) is 11.5. The number of ether oxygens (including phenoxy) is 1. The number of nitrogens with one attached hydrogen (secondary N) is 1.